The number of Topliss-reactive ketones (excluding diaryl/α,β-unsaturated/α-hetero) is 2. The summed E-state index contributed by atoms with van der Waals surface area (Å²) in [7, 11) is 0. The normalized spacial score (nSPS) is 24.9. The average molecular weight is 581 g/mol. The molecule has 3 aliphatic carbocycles. The van der Waals surface area contributed by atoms with Crippen molar-refractivity contribution in [2.75, 3.05) is 13.1 Å². The van der Waals surface area contributed by atoms with E-state index < -0.39 is 93.5 Å². The molecule has 0 spiro atoms. The third-order valence-electron chi connectivity index (χ3n) is 8.45. The van der Waals surface area contributed by atoms with E-state index in [0.717, 1.165) is 12.5 Å². The molecule has 12 heteroatoms. The lowest BCUT2D eigenvalue weighted by Crippen LogP contribution is -2.58. The highest BCUT2D eigenvalue weighted by atomic mass is 19.4. The molecule has 0 aromatic heterocycles. The number of aliphatic hydroxyl groups excluding tert-OH is 2. The van der Waals surface area contributed by atoms with Gasteiger partial charge < -0.3 is 26.2 Å². The Balaban J connectivity index is 1.87. The van der Waals surface area contributed by atoms with Crippen LogP contribution in [-0.2, 0) is 33.5 Å². The van der Waals surface area contributed by atoms with Gasteiger partial charge in [0.25, 0.3) is 5.91 Å². The van der Waals surface area contributed by atoms with E-state index in [9.17, 15) is 48.0 Å². The maximum Gasteiger partial charge on any atom is 0.417 e. The number of rotatable bonds is 6. The van der Waals surface area contributed by atoms with E-state index in [1.807, 2.05) is 32.6 Å². The van der Waals surface area contributed by atoms with Crippen molar-refractivity contribution >= 4 is 23.2 Å². The van der Waals surface area contributed by atoms with Crippen molar-refractivity contribution in [3.63, 3.8) is 0 Å². The smallest absolute Gasteiger partial charge is 0.417 e. The Morgan fingerprint density at radius 3 is 2.32 bits per heavy atom. The van der Waals surface area contributed by atoms with Crippen LogP contribution in [0, 0.1) is 17.3 Å². The fraction of sp³-hybridized carbons (Fsp3) is 0.552. The highest BCUT2D eigenvalue weighted by Gasteiger charge is 2.60. The lowest BCUT2D eigenvalue weighted by molar-refractivity contribution is -0.147. The van der Waals surface area contributed by atoms with Crippen LogP contribution >= 0.6 is 0 Å². The highest BCUT2D eigenvalue weighted by molar-refractivity contribution is 6.22. The second-order valence-corrected chi connectivity index (χ2v) is 12.4. The summed E-state index contributed by atoms with van der Waals surface area (Å²) in [6.45, 7) is 8.75. The number of carbonyl (C=O) groups is 3. The molecule has 1 amide bonds. The molecule has 0 radical (unpaired) electrons. The van der Waals surface area contributed by atoms with Crippen molar-refractivity contribution < 1.29 is 48.0 Å². The molecule has 6 N–H and O–H groups in total. The molecule has 3 aliphatic rings. The molecule has 1 aromatic rings. The first-order valence-corrected chi connectivity index (χ1v) is 13.5. The van der Waals surface area contributed by atoms with Gasteiger partial charge in [-0.3, -0.25) is 19.3 Å². The van der Waals surface area contributed by atoms with Gasteiger partial charge >= 0.3 is 6.18 Å². The van der Waals surface area contributed by atoms with Crippen molar-refractivity contribution in [1.82, 2.24) is 4.90 Å². The Bertz CT molecular complexity index is 1390. The number of aliphatic hydroxyl groups is 3. The SMILES string of the molecule is CCN(CCC(C)(C)C)Cc1cc(O)c2c(c1C(F)(F)F)CC1C[C@H]3CC(=O)C(C(N)=O)=C(O)[C@@]3(O)C(=O)C1=C2O. The van der Waals surface area contributed by atoms with Crippen molar-refractivity contribution in [2.24, 2.45) is 23.0 Å². The van der Waals surface area contributed by atoms with E-state index in [0.29, 0.717) is 13.1 Å². The number of ketones is 2. The molecular weight excluding hydrogens is 545 g/mol. The minimum atomic E-state index is -4.87. The summed E-state index contributed by atoms with van der Waals surface area (Å²) in [6, 6.07) is 0.936. The molecule has 3 atom stereocenters. The lowest BCUT2D eigenvalue weighted by atomic mass is 9.59. The molecule has 224 valence electrons. The number of halogens is 3. The first-order chi connectivity index (χ1) is 18.8. The third-order valence-corrected chi connectivity index (χ3v) is 8.45. The molecule has 9 nitrogen and oxygen atoms in total. The van der Waals surface area contributed by atoms with E-state index in [-0.39, 0.29) is 29.5 Å². The number of nitrogens with two attached hydrogens (primary N) is 1. The van der Waals surface area contributed by atoms with Crippen molar-refractivity contribution in [2.45, 2.75) is 71.7 Å². The Morgan fingerprint density at radius 1 is 1.15 bits per heavy atom. The Kier molecular flexibility index (Phi) is 7.58. The molecule has 0 saturated heterocycles. The molecule has 41 heavy (non-hydrogen) atoms. The second-order valence-electron chi connectivity index (χ2n) is 12.4. The Labute approximate surface area is 235 Å². The number of alkyl halides is 3. The second kappa shape index (κ2) is 10.2. The fourth-order valence-electron chi connectivity index (χ4n) is 6.32. The van der Waals surface area contributed by atoms with E-state index >= 15 is 0 Å². The van der Waals surface area contributed by atoms with Gasteiger partial charge in [-0.1, -0.05) is 27.7 Å². The van der Waals surface area contributed by atoms with E-state index in [2.05, 4.69) is 0 Å². The van der Waals surface area contributed by atoms with Crippen LogP contribution in [0.1, 0.15) is 69.2 Å². The molecule has 4 rings (SSSR count). The first kappa shape index (κ1) is 30.6. The predicted octanol–water partition coefficient (Wildman–Crippen LogP) is 3.70. The largest absolute Gasteiger partial charge is 0.508 e. The number of carbonyl (C=O) groups excluding carboxylic acids is 3. The zero-order valence-electron chi connectivity index (χ0n) is 23.4. The summed E-state index contributed by atoms with van der Waals surface area (Å²) in [5, 5.41) is 44.0. The van der Waals surface area contributed by atoms with E-state index in [1.54, 1.807) is 0 Å². The van der Waals surface area contributed by atoms with Gasteiger partial charge in [0.2, 0.25) is 5.78 Å². The summed E-state index contributed by atoms with van der Waals surface area (Å²) >= 11 is 0. The number of primary amides is 1. The minimum absolute atomic E-state index is 0.0525. The van der Waals surface area contributed by atoms with Gasteiger partial charge in [-0.25, -0.2) is 0 Å². The van der Waals surface area contributed by atoms with Crippen LogP contribution in [0.4, 0.5) is 13.2 Å². The molecule has 0 aliphatic heterocycles. The zero-order chi connectivity index (χ0) is 30.8. The topological polar surface area (TPSA) is 161 Å². The zero-order valence-corrected chi connectivity index (χ0v) is 23.4. The van der Waals surface area contributed by atoms with Crippen LogP contribution < -0.4 is 5.73 Å². The van der Waals surface area contributed by atoms with Gasteiger partial charge in [-0.05, 0) is 60.9 Å². The predicted molar refractivity (Wildman–Crippen MR) is 141 cm³/mol. The molecule has 1 unspecified atom stereocenters. The van der Waals surface area contributed by atoms with Gasteiger partial charge in [0.05, 0.1) is 11.1 Å². The minimum Gasteiger partial charge on any atom is -0.508 e. The molecule has 0 heterocycles. The van der Waals surface area contributed by atoms with Crippen LogP contribution in [0.2, 0.25) is 0 Å². The molecular formula is C29H35F3N2O7. The summed E-state index contributed by atoms with van der Waals surface area (Å²) in [4.78, 5) is 39.7. The molecule has 0 bridgehead atoms. The van der Waals surface area contributed by atoms with Crippen LogP contribution in [0.15, 0.2) is 23.0 Å². The molecule has 1 saturated carbocycles. The number of phenolic OH excluding ortho intramolecular Hbond substituents is 1. The van der Waals surface area contributed by atoms with Crippen LogP contribution in [0.25, 0.3) is 5.76 Å². The highest BCUT2D eigenvalue weighted by Crippen LogP contribution is 2.54. The summed E-state index contributed by atoms with van der Waals surface area (Å²) in [5.74, 6) is -8.72. The number of nitrogens with zero attached hydrogens (tertiary/aromatic N) is 1. The number of hydrogen-bond donors (Lipinski definition) is 5. The number of fused-ring (bicyclic) bond motifs is 3. The lowest BCUT2D eigenvalue weighted by Gasteiger charge is -2.46. The van der Waals surface area contributed by atoms with E-state index in [1.165, 1.54) is 0 Å². The van der Waals surface area contributed by atoms with Crippen molar-refractivity contribution in [3.8, 4) is 5.75 Å². The monoisotopic (exact) mass is 580 g/mol. The van der Waals surface area contributed by atoms with Crippen molar-refractivity contribution in [3.05, 3.63) is 45.2 Å². The van der Waals surface area contributed by atoms with Gasteiger partial charge in [0, 0.05) is 24.5 Å². The first-order valence-electron chi connectivity index (χ1n) is 13.5. The van der Waals surface area contributed by atoms with Gasteiger partial charge in [-0.15, -0.1) is 0 Å². The van der Waals surface area contributed by atoms with Crippen LogP contribution in [0.5, 0.6) is 5.75 Å². The summed E-state index contributed by atoms with van der Waals surface area (Å²) in [5.41, 5.74) is -1.26. The maximum absolute atomic E-state index is 14.6. The van der Waals surface area contributed by atoms with Gasteiger partial charge in [0.1, 0.15) is 22.8 Å². The van der Waals surface area contributed by atoms with Crippen LogP contribution in [0.3, 0.4) is 0 Å². The summed E-state index contributed by atoms with van der Waals surface area (Å²) < 4.78 is 43.9. The average Bonchev–Trinajstić information content (AvgIpc) is 2.82. The number of hydrogen-bond acceptors (Lipinski definition) is 8. The van der Waals surface area contributed by atoms with Gasteiger partial charge in [-0.2, -0.15) is 13.2 Å². The standard InChI is InChI=1S/C29H35F3N2O7/c1-5-34(7-6-27(2,3)4)12-14-10-17(35)20-16(22(14)29(30,31)32)9-13-8-15-11-18(36)21(26(33)40)25(39)28(15,41)24(38)19(13)23(20)37/h10,13,15,35,37,39,41H,5-9,11-12H2,1-4H3,(H2,33,40)/t13?,15-,28-/m0/s1. The molecule has 1 aromatic carbocycles. The number of phenols is 1. The maximum atomic E-state index is 14.6. The van der Waals surface area contributed by atoms with Gasteiger partial charge in [0.15, 0.2) is 11.4 Å². The number of benzene rings is 1. The Morgan fingerprint density at radius 2 is 1.78 bits per heavy atom. The Hall–Kier alpha value is -3.38. The molecule has 1 fully saturated rings. The third kappa shape index (κ3) is 5.12. The van der Waals surface area contributed by atoms with Crippen LogP contribution in [-0.4, -0.2) is 61.5 Å². The number of aromatic hydroxyl groups is 1. The van der Waals surface area contributed by atoms with E-state index in [4.69, 9.17) is 5.73 Å². The number of amides is 1. The quantitative estimate of drug-likeness (QED) is 0.318. The summed E-state index contributed by atoms with van der Waals surface area (Å²) in [6.07, 6.45) is -5.38. The fourth-order valence-corrected chi connectivity index (χ4v) is 6.32. The van der Waals surface area contributed by atoms with Crippen molar-refractivity contribution in [1.29, 1.82) is 0 Å².